The quantitative estimate of drug-likeness (QED) is 0.441. The SMILES string of the molecule is COc1cc(N)c(Cl)cc1C(=O)NCC1CCN(CC(OC(N)=O)c2ccc(C(F)(F)F)cc2)CC1. The topological polar surface area (TPSA) is 120 Å². The van der Waals surface area contributed by atoms with Gasteiger partial charge in [-0.25, -0.2) is 4.79 Å². The molecule has 3 rings (SSSR count). The molecule has 0 aliphatic carbocycles. The van der Waals surface area contributed by atoms with E-state index in [1.54, 1.807) is 0 Å². The van der Waals surface area contributed by atoms with Crippen molar-refractivity contribution in [2.75, 3.05) is 39.0 Å². The van der Waals surface area contributed by atoms with Crippen LogP contribution in [0.3, 0.4) is 0 Å². The van der Waals surface area contributed by atoms with Crippen molar-refractivity contribution in [2.45, 2.75) is 25.1 Å². The second kappa shape index (κ2) is 11.7. The molecule has 1 fully saturated rings. The molecular formula is C24H28ClF3N4O4. The van der Waals surface area contributed by atoms with Crippen LogP contribution in [0, 0.1) is 5.92 Å². The summed E-state index contributed by atoms with van der Waals surface area (Å²) in [7, 11) is 1.44. The number of anilines is 1. The molecule has 8 nitrogen and oxygen atoms in total. The van der Waals surface area contributed by atoms with E-state index >= 15 is 0 Å². The van der Waals surface area contributed by atoms with Gasteiger partial charge in [0, 0.05) is 19.2 Å². The molecule has 1 atom stereocenters. The number of methoxy groups -OCH3 is 1. The molecule has 1 unspecified atom stereocenters. The van der Waals surface area contributed by atoms with Crippen LogP contribution in [0.4, 0.5) is 23.7 Å². The first-order valence-electron chi connectivity index (χ1n) is 11.2. The van der Waals surface area contributed by atoms with Crippen molar-refractivity contribution >= 4 is 29.3 Å². The Balaban J connectivity index is 1.54. The minimum absolute atomic E-state index is 0.210. The number of primary amides is 1. The Bertz CT molecular complexity index is 1070. The fourth-order valence-electron chi connectivity index (χ4n) is 4.09. The van der Waals surface area contributed by atoms with E-state index in [2.05, 4.69) is 5.32 Å². The van der Waals surface area contributed by atoms with Gasteiger partial charge in [0.05, 0.1) is 28.9 Å². The highest BCUT2D eigenvalue weighted by Crippen LogP contribution is 2.31. The Hall–Kier alpha value is -3.18. The summed E-state index contributed by atoms with van der Waals surface area (Å²) in [6.07, 6.45) is -4.74. The molecule has 196 valence electrons. The number of benzene rings is 2. The van der Waals surface area contributed by atoms with E-state index in [1.807, 2.05) is 4.90 Å². The van der Waals surface area contributed by atoms with E-state index in [0.29, 0.717) is 36.6 Å². The molecule has 2 aromatic carbocycles. The fraction of sp³-hybridized carbons (Fsp3) is 0.417. The molecule has 0 saturated carbocycles. The largest absolute Gasteiger partial charge is 0.496 e. The zero-order chi connectivity index (χ0) is 26.5. The summed E-state index contributed by atoms with van der Waals surface area (Å²) in [6.45, 7) is 2.03. The lowest BCUT2D eigenvalue weighted by Crippen LogP contribution is -2.41. The maximum Gasteiger partial charge on any atom is 0.416 e. The van der Waals surface area contributed by atoms with Crippen molar-refractivity contribution in [3.8, 4) is 5.75 Å². The van der Waals surface area contributed by atoms with Crippen molar-refractivity contribution in [1.82, 2.24) is 10.2 Å². The molecular weight excluding hydrogens is 501 g/mol. The average Bonchev–Trinajstić information content (AvgIpc) is 2.83. The lowest BCUT2D eigenvalue weighted by atomic mass is 9.96. The van der Waals surface area contributed by atoms with Crippen molar-refractivity contribution in [3.05, 3.63) is 58.1 Å². The number of likely N-dealkylation sites (tertiary alicyclic amines) is 1. The first-order valence-corrected chi connectivity index (χ1v) is 11.6. The maximum atomic E-state index is 12.9. The lowest BCUT2D eigenvalue weighted by molar-refractivity contribution is -0.137. The Labute approximate surface area is 211 Å². The first kappa shape index (κ1) is 27.4. The predicted octanol–water partition coefficient (Wildman–Crippen LogP) is 4.23. The van der Waals surface area contributed by atoms with Gasteiger partial charge in [-0.15, -0.1) is 0 Å². The third kappa shape index (κ3) is 7.17. The standard InChI is InChI=1S/C24H28ClF3N4O4/c1-35-20-11-19(29)18(25)10-17(20)22(33)31-12-14-6-8-32(9-7-14)13-21(36-23(30)34)15-2-4-16(5-3-15)24(26,27)28/h2-5,10-11,14,21H,6-9,12-13,29H2,1H3,(H2,30,34)(H,31,33). The van der Waals surface area contributed by atoms with E-state index in [9.17, 15) is 22.8 Å². The fourth-order valence-corrected chi connectivity index (χ4v) is 4.26. The lowest BCUT2D eigenvalue weighted by Gasteiger charge is -2.34. The number of alkyl halides is 3. The molecule has 36 heavy (non-hydrogen) atoms. The number of nitrogens with zero attached hydrogens (tertiary/aromatic N) is 1. The van der Waals surface area contributed by atoms with Crippen LogP contribution in [0.15, 0.2) is 36.4 Å². The Morgan fingerprint density at radius 2 is 1.83 bits per heavy atom. The van der Waals surface area contributed by atoms with Crippen LogP contribution >= 0.6 is 11.6 Å². The summed E-state index contributed by atoms with van der Waals surface area (Å²) in [6, 6.07) is 7.44. The minimum Gasteiger partial charge on any atom is -0.496 e. The molecule has 1 heterocycles. The summed E-state index contributed by atoms with van der Waals surface area (Å²) in [5, 5.41) is 3.16. The normalized spacial score (nSPS) is 15.8. The van der Waals surface area contributed by atoms with Gasteiger partial charge in [-0.2, -0.15) is 13.2 Å². The van der Waals surface area contributed by atoms with Gasteiger partial charge in [0.2, 0.25) is 0 Å². The number of rotatable bonds is 8. The van der Waals surface area contributed by atoms with Crippen LogP contribution in [0.25, 0.3) is 0 Å². The van der Waals surface area contributed by atoms with Gasteiger partial charge < -0.3 is 26.3 Å². The van der Waals surface area contributed by atoms with Crippen molar-refractivity contribution in [1.29, 1.82) is 0 Å². The molecule has 2 amide bonds. The number of carbonyl (C=O) groups excluding carboxylic acids is 2. The molecule has 0 bridgehead atoms. The summed E-state index contributed by atoms with van der Waals surface area (Å²) in [5.41, 5.74) is 11.2. The molecule has 5 N–H and O–H groups in total. The number of carbonyl (C=O) groups is 2. The van der Waals surface area contributed by atoms with E-state index < -0.39 is 23.9 Å². The second-order valence-corrected chi connectivity index (χ2v) is 8.98. The van der Waals surface area contributed by atoms with Crippen LogP contribution in [0.5, 0.6) is 5.75 Å². The number of nitrogens with two attached hydrogens (primary N) is 2. The second-order valence-electron chi connectivity index (χ2n) is 8.57. The summed E-state index contributed by atoms with van der Waals surface area (Å²) in [4.78, 5) is 26.1. The molecule has 1 aliphatic heterocycles. The first-order chi connectivity index (χ1) is 17.0. The number of halogens is 4. The number of nitrogen functional groups attached to an aromatic ring is 1. The summed E-state index contributed by atoms with van der Waals surface area (Å²) >= 11 is 6.04. The van der Waals surface area contributed by atoms with Gasteiger partial charge in [0.15, 0.2) is 0 Å². The van der Waals surface area contributed by atoms with Gasteiger partial charge in [0.25, 0.3) is 5.91 Å². The highest BCUT2D eigenvalue weighted by Gasteiger charge is 2.31. The zero-order valence-electron chi connectivity index (χ0n) is 19.6. The van der Waals surface area contributed by atoms with Crippen molar-refractivity contribution in [3.63, 3.8) is 0 Å². The number of hydrogen-bond acceptors (Lipinski definition) is 6. The van der Waals surface area contributed by atoms with Crippen LogP contribution in [0.2, 0.25) is 5.02 Å². The van der Waals surface area contributed by atoms with Crippen molar-refractivity contribution in [2.24, 2.45) is 11.7 Å². The molecule has 0 spiro atoms. The van der Waals surface area contributed by atoms with Gasteiger partial charge >= 0.3 is 12.3 Å². The number of nitrogens with one attached hydrogen (secondary N) is 1. The number of amides is 2. The zero-order valence-corrected chi connectivity index (χ0v) is 20.4. The highest BCUT2D eigenvalue weighted by atomic mass is 35.5. The molecule has 12 heteroatoms. The van der Waals surface area contributed by atoms with E-state index in [-0.39, 0.29) is 29.0 Å². The predicted molar refractivity (Wildman–Crippen MR) is 129 cm³/mol. The van der Waals surface area contributed by atoms with Gasteiger partial charge in [-0.3, -0.25) is 9.69 Å². The third-order valence-electron chi connectivity index (χ3n) is 6.11. The maximum absolute atomic E-state index is 12.9. The molecule has 2 aromatic rings. The monoisotopic (exact) mass is 528 g/mol. The van der Waals surface area contributed by atoms with Crippen LogP contribution in [-0.4, -0.2) is 50.2 Å². The van der Waals surface area contributed by atoms with Crippen LogP contribution in [0.1, 0.15) is 40.4 Å². The van der Waals surface area contributed by atoms with Crippen LogP contribution in [-0.2, 0) is 10.9 Å². The Morgan fingerprint density at radius 1 is 1.19 bits per heavy atom. The molecule has 1 aliphatic rings. The Kier molecular flexibility index (Phi) is 8.91. The number of hydrogen-bond donors (Lipinski definition) is 3. The van der Waals surface area contributed by atoms with Gasteiger partial charge in [-0.1, -0.05) is 23.7 Å². The van der Waals surface area contributed by atoms with E-state index in [4.69, 9.17) is 32.5 Å². The molecule has 0 radical (unpaired) electrons. The average molecular weight is 529 g/mol. The summed E-state index contributed by atoms with van der Waals surface area (Å²) in [5.74, 6) is 0.211. The number of ether oxygens (including phenoxy) is 2. The van der Waals surface area contributed by atoms with Crippen molar-refractivity contribution < 1.29 is 32.2 Å². The van der Waals surface area contributed by atoms with Gasteiger partial charge in [-0.05, 0) is 55.6 Å². The number of piperidine rings is 1. The molecule has 1 saturated heterocycles. The van der Waals surface area contributed by atoms with Gasteiger partial charge in [0.1, 0.15) is 11.9 Å². The Morgan fingerprint density at radius 3 is 2.39 bits per heavy atom. The third-order valence-corrected chi connectivity index (χ3v) is 6.44. The molecule has 0 aromatic heterocycles. The van der Waals surface area contributed by atoms with Crippen LogP contribution < -0.4 is 21.5 Å². The van der Waals surface area contributed by atoms with E-state index in [1.165, 1.54) is 31.4 Å². The minimum atomic E-state index is -4.46. The summed E-state index contributed by atoms with van der Waals surface area (Å²) < 4.78 is 49.0. The smallest absolute Gasteiger partial charge is 0.416 e. The van der Waals surface area contributed by atoms with E-state index in [0.717, 1.165) is 25.0 Å². The highest BCUT2D eigenvalue weighted by molar-refractivity contribution is 6.33.